The van der Waals surface area contributed by atoms with Gasteiger partial charge in [0.05, 0.1) is 65.1 Å². The van der Waals surface area contributed by atoms with E-state index in [0.29, 0.717) is 78.2 Å². The van der Waals surface area contributed by atoms with Crippen LogP contribution in [0.1, 0.15) is 97.8 Å². The fraction of sp³-hybridized carbons (Fsp3) is 0.773. The number of hydrogen-bond acceptors (Lipinski definition) is 12. The first-order valence-corrected chi connectivity index (χ1v) is 24.2. The van der Waals surface area contributed by atoms with Crippen molar-refractivity contribution in [2.75, 3.05) is 98.9 Å². The Morgan fingerprint density at radius 3 is 1.26 bits per heavy atom. The highest BCUT2D eigenvalue weighted by atomic mass is 32.5. The standard InChI is InChI=1S/C44H71N4O12PS/c1-7-25-54-31-34-57-28-22-45-37(49)10-13-43(14-11-38(50)46-23-29-58-35-32-55-26-8-2,15-12-39(51)47-24-30-59-36-33-56-27-9-3)48-40(52)42-16-19-44(20-17-42,21-18-42)60-61(53,62)41(4,5)6/h1-3H,10-36H2,4-6H3,(H,45,49)(H,46,50)(H,47,51)(H,48,52)(H,53,62). The lowest BCUT2D eigenvalue weighted by atomic mass is 9.58. The summed E-state index contributed by atoms with van der Waals surface area (Å²) >= 11 is 5.61. The van der Waals surface area contributed by atoms with Gasteiger partial charge in [0.25, 0.3) is 0 Å². The maximum Gasteiger partial charge on any atom is 0.226 e. The van der Waals surface area contributed by atoms with Crippen LogP contribution >= 0.6 is 6.49 Å². The van der Waals surface area contributed by atoms with Gasteiger partial charge in [-0.2, -0.15) is 0 Å². The van der Waals surface area contributed by atoms with Crippen LogP contribution in [0.3, 0.4) is 0 Å². The molecule has 3 aliphatic rings. The lowest BCUT2D eigenvalue weighted by Crippen LogP contribution is -2.59. The average Bonchev–Trinajstić information content (AvgIpc) is 3.24. The molecule has 0 heterocycles. The monoisotopic (exact) mass is 910 g/mol. The molecule has 0 radical (unpaired) electrons. The number of terminal acetylenes is 3. The smallest absolute Gasteiger partial charge is 0.226 e. The van der Waals surface area contributed by atoms with E-state index in [-0.39, 0.29) is 121 Å². The normalized spacial score (nSPS) is 19.3. The molecule has 350 valence electrons. The highest BCUT2D eigenvalue weighted by Crippen LogP contribution is 2.64. The van der Waals surface area contributed by atoms with Gasteiger partial charge in [0.1, 0.15) is 19.8 Å². The van der Waals surface area contributed by atoms with Crippen molar-refractivity contribution in [1.82, 2.24) is 21.3 Å². The SMILES string of the molecule is C#CCOCCOCCNC(=O)CCC(CCC(=O)NCCOCCOCC#C)(CCC(=O)NCCOCCOCC#C)NC(=O)C12CCC(OP(O)(=S)C(C)(C)C)(CC1)CC2. The second-order valence-electron chi connectivity index (χ2n) is 16.6. The average molecular weight is 911 g/mol. The Bertz CT molecular complexity index is 1430. The third-order valence-corrected chi connectivity index (χ3v) is 15.3. The molecule has 0 saturated heterocycles. The van der Waals surface area contributed by atoms with Gasteiger partial charge >= 0.3 is 0 Å². The predicted molar refractivity (Wildman–Crippen MR) is 239 cm³/mol. The van der Waals surface area contributed by atoms with E-state index < -0.39 is 28.2 Å². The largest absolute Gasteiger partial charge is 0.377 e. The molecule has 0 spiro atoms. The molecular weight excluding hydrogens is 840 g/mol. The molecule has 3 rings (SSSR count). The van der Waals surface area contributed by atoms with E-state index in [4.69, 9.17) is 64.0 Å². The Hall–Kier alpha value is -3.11. The Morgan fingerprint density at radius 2 is 0.935 bits per heavy atom. The minimum absolute atomic E-state index is 0.0118. The summed E-state index contributed by atoms with van der Waals surface area (Å²) in [6.07, 6.45) is 19.3. The lowest BCUT2D eigenvalue weighted by Gasteiger charge is -2.54. The van der Waals surface area contributed by atoms with Crippen LogP contribution < -0.4 is 21.3 Å². The zero-order chi connectivity index (χ0) is 45.8. The molecule has 0 aromatic carbocycles. The zero-order valence-electron chi connectivity index (χ0n) is 37.1. The van der Waals surface area contributed by atoms with Crippen molar-refractivity contribution in [3.63, 3.8) is 0 Å². The maximum atomic E-state index is 14.7. The topological polar surface area (TPSA) is 201 Å². The fourth-order valence-corrected chi connectivity index (χ4v) is 8.68. The minimum atomic E-state index is -3.13. The maximum absolute atomic E-state index is 14.7. The van der Waals surface area contributed by atoms with Crippen molar-refractivity contribution in [2.45, 2.75) is 114 Å². The molecule has 16 nitrogen and oxygen atoms in total. The van der Waals surface area contributed by atoms with Gasteiger partial charge in [0.2, 0.25) is 23.6 Å². The number of hydrogen-bond donors (Lipinski definition) is 5. The molecule has 3 saturated carbocycles. The molecular formula is C44H71N4O12PS. The summed E-state index contributed by atoms with van der Waals surface area (Å²) in [6.45, 7) is 6.51. The first-order valence-electron chi connectivity index (χ1n) is 21.5. The van der Waals surface area contributed by atoms with Crippen molar-refractivity contribution in [3.8, 4) is 37.0 Å². The van der Waals surface area contributed by atoms with Crippen LogP contribution in [0.5, 0.6) is 0 Å². The molecule has 0 aromatic heterocycles. The molecule has 3 fully saturated rings. The second-order valence-corrected chi connectivity index (χ2v) is 20.7. The highest BCUT2D eigenvalue weighted by molar-refractivity contribution is 8.10. The molecule has 3 aliphatic carbocycles. The van der Waals surface area contributed by atoms with E-state index in [9.17, 15) is 24.1 Å². The molecule has 0 aromatic rings. The van der Waals surface area contributed by atoms with Crippen LogP contribution in [0, 0.1) is 42.4 Å². The van der Waals surface area contributed by atoms with Crippen molar-refractivity contribution >= 4 is 41.9 Å². The Labute approximate surface area is 374 Å². The second kappa shape index (κ2) is 29.4. The third kappa shape index (κ3) is 21.0. The number of nitrogens with one attached hydrogen (secondary N) is 4. The van der Waals surface area contributed by atoms with E-state index in [2.05, 4.69) is 39.0 Å². The molecule has 2 bridgehead atoms. The van der Waals surface area contributed by atoms with Crippen LogP contribution in [-0.2, 0) is 63.9 Å². The number of carbonyl (C=O) groups is 4. The van der Waals surface area contributed by atoms with Gasteiger partial charge in [-0.3, -0.25) is 19.2 Å². The first-order chi connectivity index (χ1) is 29.6. The molecule has 0 aliphatic heterocycles. The van der Waals surface area contributed by atoms with E-state index in [1.807, 2.05) is 20.8 Å². The van der Waals surface area contributed by atoms with E-state index in [1.165, 1.54) is 0 Å². The summed E-state index contributed by atoms with van der Waals surface area (Å²) in [6, 6.07) is 0. The minimum Gasteiger partial charge on any atom is -0.377 e. The van der Waals surface area contributed by atoms with Crippen LogP contribution in [0.25, 0.3) is 0 Å². The van der Waals surface area contributed by atoms with E-state index >= 15 is 0 Å². The highest BCUT2D eigenvalue weighted by Gasteiger charge is 2.56. The third-order valence-electron chi connectivity index (χ3n) is 11.1. The molecule has 1 unspecified atom stereocenters. The van der Waals surface area contributed by atoms with Gasteiger partial charge in [-0.25, -0.2) is 0 Å². The van der Waals surface area contributed by atoms with Crippen molar-refractivity contribution in [3.05, 3.63) is 0 Å². The first kappa shape index (κ1) is 55.0. The van der Waals surface area contributed by atoms with Crippen LogP contribution in [0.15, 0.2) is 0 Å². The predicted octanol–water partition coefficient (Wildman–Crippen LogP) is 2.74. The van der Waals surface area contributed by atoms with Crippen LogP contribution in [-0.4, -0.2) is 144 Å². The number of fused-ring (bicyclic) bond motifs is 3. The Kier molecular flexibility index (Phi) is 26.1. The van der Waals surface area contributed by atoms with Crippen LogP contribution in [0.2, 0.25) is 0 Å². The molecule has 1 atom stereocenters. The zero-order valence-corrected chi connectivity index (χ0v) is 38.8. The summed E-state index contributed by atoms with van der Waals surface area (Å²) in [5.74, 6) is 6.15. The molecule has 62 heavy (non-hydrogen) atoms. The van der Waals surface area contributed by atoms with Crippen molar-refractivity contribution in [1.29, 1.82) is 0 Å². The summed E-state index contributed by atoms with van der Waals surface area (Å²) in [5.41, 5.74) is -2.44. The van der Waals surface area contributed by atoms with E-state index in [0.717, 1.165) is 0 Å². The summed E-state index contributed by atoms with van der Waals surface area (Å²) in [5, 5.41) is 11.3. The number of ether oxygens (including phenoxy) is 6. The van der Waals surface area contributed by atoms with Gasteiger partial charge < -0.3 is 59.1 Å². The van der Waals surface area contributed by atoms with Crippen LogP contribution in [0.4, 0.5) is 0 Å². The number of carbonyl (C=O) groups excluding carboxylic acids is 4. The Morgan fingerprint density at radius 1 is 0.597 bits per heavy atom. The quantitative estimate of drug-likeness (QED) is 0.0359. The van der Waals surface area contributed by atoms with Gasteiger partial charge in [0.15, 0.2) is 6.49 Å². The van der Waals surface area contributed by atoms with Gasteiger partial charge in [0, 0.05) is 55.0 Å². The molecule has 4 amide bonds. The van der Waals surface area contributed by atoms with Crippen molar-refractivity contribution in [2.24, 2.45) is 5.41 Å². The van der Waals surface area contributed by atoms with Gasteiger partial charge in [-0.05, 0) is 69.6 Å². The number of amides is 4. The molecule has 5 N–H and O–H groups in total. The Balaban J connectivity index is 2.22. The lowest BCUT2D eigenvalue weighted by molar-refractivity contribution is -0.148. The van der Waals surface area contributed by atoms with E-state index in [1.54, 1.807) is 0 Å². The molecule has 18 heteroatoms. The van der Waals surface area contributed by atoms with Crippen molar-refractivity contribution < 1.29 is 57.0 Å². The summed E-state index contributed by atoms with van der Waals surface area (Å²) in [4.78, 5) is 65.6. The number of rotatable bonds is 34. The summed E-state index contributed by atoms with van der Waals surface area (Å²) < 4.78 is 38.6. The fourth-order valence-electron chi connectivity index (χ4n) is 7.13. The van der Waals surface area contributed by atoms with Gasteiger partial charge in [-0.15, -0.1) is 19.3 Å². The van der Waals surface area contributed by atoms with Gasteiger partial charge in [-0.1, -0.05) is 38.5 Å². The summed E-state index contributed by atoms with van der Waals surface area (Å²) in [7, 11) is 0.